The number of nitrogens with two attached hydrogens (primary N) is 1. The summed E-state index contributed by atoms with van der Waals surface area (Å²) in [5, 5.41) is -0.326. The van der Waals surface area contributed by atoms with Gasteiger partial charge in [-0.25, -0.2) is 4.39 Å². The third-order valence-corrected chi connectivity index (χ3v) is 3.72. The van der Waals surface area contributed by atoms with Gasteiger partial charge in [-0.1, -0.05) is 18.0 Å². The summed E-state index contributed by atoms with van der Waals surface area (Å²) in [4.78, 5) is 0. The van der Waals surface area contributed by atoms with Gasteiger partial charge in [-0.3, -0.25) is 0 Å². The van der Waals surface area contributed by atoms with Gasteiger partial charge >= 0.3 is 6.18 Å². The van der Waals surface area contributed by atoms with Gasteiger partial charge in [0.15, 0.2) is 0 Å². The minimum absolute atomic E-state index is 0.0981. The van der Waals surface area contributed by atoms with E-state index in [1.165, 1.54) is 0 Å². The van der Waals surface area contributed by atoms with Gasteiger partial charge in [0.2, 0.25) is 0 Å². The Morgan fingerprint density at radius 1 is 1.28 bits per heavy atom. The first kappa shape index (κ1) is 13.6. The van der Waals surface area contributed by atoms with Gasteiger partial charge in [-0.05, 0) is 30.9 Å². The Bertz CT molecular complexity index is 454. The van der Waals surface area contributed by atoms with Gasteiger partial charge in [0.1, 0.15) is 5.82 Å². The second kappa shape index (κ2) is 4.70. The Balaban J connectivity index is 2.50. The first-order valence-corrected chi connectivity index (χ1v) is 6.01. The zero-order valence-electron chi connectivity index (χ0n) is 9.40. The van der Waals surface area contributed by atoms with E-state index in [4.69, 9.17) is 17.3 Å². The molecule has 1 aliphatic rings. The van der Waals surface area contributed by atoms with Crippen molar-refractivity contribution in [3.63, 3.8) is 0 Å². The van der Waals surface area contributed by atoms with E-state index in [1.807, 2.05) is 0 Å². The zero-order valence-corrected chi connectivity index (χ0v) is 10.2. The molecule has 1 aromatic rings. The maximum absolute atomic E-state index is 13.9. The SMILES string of the molecule is N[C@@H](c1c(C(F)(F)F)ccc(Cl)c1F)C1CCC1. The lowest BCUT2D eigenvalue weighted by Gasteiger charge is -2.33. The third kappa shape index (κ3) is 2.34. The first-order valence-electron chi connectivity index (χ1n) is 5.63. The van der Waals surface area contributed by atoms with Crippen LogP contribution in [0, 0.1) is 11.7 Å². The highest BCUT2D eigenvalue weighted by Gasteiger charge is 2.39. The molecule has 1 fully saturated rings. The van der Waals surface area contributed by atoms with Crippen LogP contribution in [0.2, 0.25) is 5.02 Å². The van der Waals surface area contributed by atoms with Crippen molar-refractivity contribution >= 4 is 11.6 Å². The number of hydrogen-bond acceptors (Lipinski definition) is 1. The van der Waals surface area contributed by atoms with E-state index in [9.17, 15) is 17.6 Å². The molecule has 1 saturated carbocycles. The average molecular weight is 282 g/mol. The van der Waals surface area contributed by atoms with Crippen molar-refractivity contribution in [2.75, 3.05) is 0 Å². The fourth-order valence-corrected chi connectivity index (χ4v) is 2.34. The summed E-state index contributed by atoms with van der Waals surface area (Å²) in [6, 6.07) is 0.754. The Morgan fingerprint density at radius 2 is 1.89 bits per heavy atom. The quantitative estimate of drug-likeness (QED) is 0.804. The predicted octanol–water partition coefficient (Wildman–Crippen LogP) is 4.30. The minimum atomic E-state index is -4.62. The van der Waals surface area contributed by atoms with Crippen LogP contribution in [0.3, 0.4) is 0 Å². The second-order valence-corrected chi connectivity index (χ2v) is 4.94. The Labute approximate surface area is 107 Å². The molecule has 0 aliphatic heterocycles. The molecule has 6 heteroatoms. The molecule has 2 rings (SSSR count). The molecule has 0 heterocycles. The summed E-state index contributed by atoms with van der Waals surface area (Å²) in [7, 11) is 0. The van der Waals surface area contributed by atoms with Crippen LogP contribution in [-0.4, -0.2) is 0 Å². The van der Waals surface area contributed by atoms with E-state index < -0.39 is 29.2 Å². The number of halogens is 5. The Hall–Kier alpha value is -0.810. The molecule has 2 N–H and O–H groups in total. The number of rotatable bonds is 2. The third-order valence-electron chi connectivity index (χ3n) is 3.43. The molecule has 1 atom stereocenters. The Morgan fingerprint density at radius 3 is 2.33 bits per heavy atom. The summed E-state index contributed by atoms with van der Waals surface area (Å²) in [6.45, 7) is 0. The molecular weight excluding hydrogens is 270 g/mol. The van der Waals surface area contributed by atoms with Crippen LogP contribution in [0.4, 0.5) is 17.6 Å². The van der Waals surface area contributed by atoms with Crippen molar-refractivity contribution in [1.82, 2.24) is 0 Å². The van der Waals surface area contributed by atoms with Crippen LogP contribution in [0.1, 0.15) is 36.4 Å². The average Bonchev–Trinajstić information content (AvgIpc) is 2.17. The highest BCUT2D eigenvalue weighted by Crippen LogP contribution is 2.43. The van der Waals surface area contributed by atoms with Gasteiger partial charge in [0.25, 0.3) is 0 Å². The van der Waals surface area contributed by atoms with Crippen molar-refractivity contribution in [2.24, 2.45) is 11.7 Å². The molecule has 100 valence electrons. The van der Waals surface area contributed by atoms with Crippen molar-refractivity contribution in [2.45, 2.75) is 31.5 Å². The van der Waals surface area contributed by atoms with Crippen LogP contribution in [0.15, 0.2) is 12.1 Å². The fraction of sp³-hybridized carbons (Fsp3) is 0.500. The van der Waals surface area contributed by atoms with E-state index in [0.717, 1.165) is 31.4 Å². The maximum atomic E-state index is 13.9. The molecule has 0 unspecified atom stereocenters. The summed E-state index contributed by atoms with van der Waals surface area (Å²) in [5.41, 5.74) is 4.24. The Kier molecular flexibility index (Phi) is 3.56. The van der Waals surface area contributed by atoms with Crippen molar-refractivity contribution in [3.05, 3.63) is 34.1 Å². The number of benzene rings is 1. The highest BCUT2D eigenvalue weighted by molar-refractivity contribution is 6.30. The van der Waals surface area contributed by atoms with Crippen molar-refractivity contribution in [1.29, 1.82) is 0 Å². The standard InChI is InChI=1S/C12H12ClF4N/c13-8-5-4-7(12(15,16)17)9(10(8)14)11(18)6-2-1-3-6/h4-6,11H,1-3,18H2/t11-/m1/s1. The summed E-state index contributed by atoms with van der Waals surface area (Å²) >= 11 is 5.55. The topological polar surface area (TPSA) is 26.0 Å². The second-order valence-electron chi connectivity index (χ2n) is 4.54. The largest absolute Gasteiger partial charge is 0.416 e. The van der Waals surface area contributed by atoms with Crippen LogP contribution in [-0.2, 0) is 6.18 Å². The molecular formula is C12H12ClF4N. The van der Waals surface area contributed by atoms with E-state index in [2.05, 4.69) is 0 Å². The van der Waals surface area contributed by atoms with Crippen LogP contribution >= 0.6 is 11.6 Å². The fourth-order valence-electron chi connectivity index (χ4n) is 2.17. The molecule has 0 radical (unpaired) electrons. The van der Waals surface area contributed by atoms with Crippen LogP contribution in [0.5, 0.6) is 0 Å². The lowest BCUT2D eigenvalue weighted by Crippen LogP contribution is -2.30. The van der Waals surface area contributed by atoms with E-state index >= 15 is 0 Å². The minimum Gasteiger partial charge on any atom is -0.324 e. The number of alkyl halides is 3. The molecule has 0 bridgehead atoms. The molecule has 0 amide bonds. The predicted molar refractivity (Wildman–Crippen MR) is 60.7 cm³/mol. The van der Waals surface area contributed by atoms with Crippen LogP contribution in [0.25, 0.3) is 0 Å². The summed E-state index contributed by atoms with van der Waals surface area (Å²) < 4.78 is 52.4. The molecule has 18 heavy (non-hydrogen) atoms. The molecule has 1 aromatic carbocycles. The van der Waals surface area contributed by atoms with E-state index in [1.54, 1.807) is 0 Å². The zero-order chi connectivity index (χ0) is 13.5. The lowest BCUT2D eigenvalue weighted by molar-refractivity contribution is -0.138. The molecule has 0 spiro atoms. The first-order chi connectivity index (χ1) is 8.32. The maximum Gasteiger partial charge on any atom is 0.416 e. The molecule has 1 nitrogen and oxygen atoms in total. The smallest absolute Gasteiger partial charge is 0.324 e. The number of hydrogen-bond donors (Lipinski definition) is 1. The van der Waals surface area contributed by atoms with Crippen LogP contribution < -0.4 is 5.73 Å². The molecule has 0 saturated heterocycles. The van der Waals surface area contributed by atoms with E-state index in [-0.39, 0.29) is 10.9 Å². The van der Waals surface area contributed by atoms with Gasteiger partial charge in [0, 0.05) is 11.6 Å². The van der Waals surface area contributed by atoms with Gasteiger partial charge in [0.05, 0.1) is 10.6 Å². The van der Waals surface area contributed by atoms with Gasteiger partial charge in [-0.2, -0.15) is 13.2 Å². The van der Waals surface area contributed by atoms with Crippen molar-refractivity contribution < 1.29 is 17.6 Å². The summed E-state index contributed by atoms with van der Waals surface area (Å²) in [6.07, 6.45) is -2.25. The lowest BCUT2D eigenvalue weighted by atomic mass is 9.76. The molecule has 1 aliphatic carbocycles. The monoisotopic (exact) mass is 281 g/mol. The van der Waals surface area contributed by atoms with Gasteiger partial charge < -0.3 is 5.73 Å². The highest BCUT2D eigenvalue weighted by atomic mass is 35.5. The van der Waals surface area contributed by atoms with Crippen molar-refractivity contribution in [3.8, 4) is 0 Å². The molecule has 0 aromatic heterocycles. The van der Waals surface area contributed by atoms with E-state index in [0.29, 0.717) is 0 Å². The summed E-state index contributed by atoms with van der Waals surface area (Å²) in [5.74, 6) is -1.15. The normalized spacial score (nSPS) is 18.6. The van der Waals surface area contributed by atoms with Gasteiger partial charge in [-0.15, -0.1) is 0 Å².